The number of hydrogen-bond donors (Lipinski definition) is 1. The zero-order chi connectivity index (χ0) is 6.41. The van der Waals surface area contributed by atoms with Crippen molar-refractivity contribution >= 4 is 8.25 Å². The molecule has 1 atom stereocenters. The highest BCUT2D eigenvalue weighted by Gasteiger charge is 1.92. The Balaban J connectivity index is 3.06. The van der Waals surface area contributed by atoms with Crippen molar-refractivity contribution in [2.75, 3.05) is 13.4 Å². The topological polar surface area (TPSA) is 55.8 Å². The maximum atomic E-state index is 10.2. The van der Waals surface area contributed by atoms with Crippen LogP contribution in [0.2, 0.25) is 0 Å². The van der Waals surface area contributed by atoms with Crippen molar-refractivity contribution in [1.29, 1.82) is 0 Å². The Labute approximate surface area is 48.4 Å². The lowest BCUT2D eigenvalue weighted by atomic mass is 10.9. The fraction of sp³-hybridized carbons (Fsp3) is 0.667. The van der Waals surface area contributed by atoms with Gasteiger partial charge in [0, 0.05) is 0 Å². The molecule has 0 aromatic heterocycles. The second-order valence-corrected chi connectivity index (χ2v) is 1.95. The molecule has 8 heavy (non-hydrogen) atoms. The number of aliphatic hydroxyl groups is 1. The van der Waals surface area contributed by atoms with Gasteiger partial charge in [0.25, 0.3) is 0 Å². The molecule has 5 heteroatoms. The summed E-state index contributed by atoms with van der Waals surface area (Å²) < 4.78 is 18.6. The van der Waals surface area contributed by atoms with Crippen LogP contribution in [-0.2, 0) is 13.6 Å². The maximum Gasteiger partial charge on any atom is 0.321 e. The first-order valence-corrected chi connectivity index (χ1v) is 3.23. The van der Waals surface area contributed by atoms with Gasteiger partial charge in [0.2, 0.25) is 0 Å². The lowest BCUT2D eigenvalue weighted by molar-refractivity contribution is 0.0878. The summed E-state index contributed by atoms with van der Waals surface area (Å²) in [6.45, 7) is 2.77. The normalized spacial score (nSPS) is 13.8. The van der Waals surface area contributed by atoms with Crippen LogP contribution >= 0.6 is 8.25 Å². The van der Waals surface area contributed by atoms with Crippen molar-refractivity contribution in [3.63, 3.8) is 0 Å². The Morgan fingerprint density at radius 2 is 2.25 bits per heavy atom. The summed E-state index contributed by atoms with van der Waals surface area (Å²) in [5.41, 5.74) is 0. The average molecular weight is 139 g/mol. The third kappa shape index (κ3) is 4.27. The van der Waals surface area contributed by atoms with Crippen LogP contribution in [0.3, 0.4) is 0 Å². The number of rotatable bonds is 4. The maximum absolute atomic E-state index is 10.2. The summed E-state index contributed by atoms with van der Waals surface area (Å²) in [7, 11) is -2.45. The minimum absolute atomic E-state index is 0.0950. The molecule has 49 valence electrons. The van der Waals surface area contributed by atoms with Crippen LogP contribution in [0.4, 0.5) is 0 Å². The molecular weight excluding hydrogens is 131 g/mol. The van der Waals surface area contributed by atoms with Gasteiger partial charge in [0.15, 0.2) is 6.79 Å². The highest BCUT2D eigenvalue weighted by atomic mass is 31.1. The molecule has 1 radical (unpaired) electrons. The van der Waals surface area contributed by atoms with Gasteiger partial charge < -0.3 is 9.63 Å². The molecule has 0 aliphatic rings. The molecule has 0 bridgehead atoms. The van der Waals surface area contributed by atoms with Gasteiger partial charge >= 0.3 is 8.25 Å². The van der Waals surface area contributed by atoms with Gasteiger partial charge in [0.1, 0.15) is 0 Å². The first-order chi connectivity index (χ1) is 3.81. The summed E-state index contributed by atoms with van der Waals surface area (Å²) in [6, 6.07) is 0. The van der Waals surface area contributed by atoms with E-state index >= 15 is 0 Å². The molecule has 0 aliphatic heterocycles. The molecule has 0 amide bonds. The molecule has 0 rings (SSSR count). The van der Waals surface area contributed by atoms with Crippen molar-refractivity contribution in [2.45, 2.75) is 0 Å². The van der Waals surface area contributed by atoms with E-state index in [-0.39, 0.29) is 6.61 Å². The van der Waals surface area contributed by atoms with Gasteiger partial charge in [0.05, 0.1) is 6.61 Å². The molecule has 0 saturated carbocycles. The Bertz CT molecular complexity index is 65.7. The van der Waals surface area contributed by atoms with Crippen LogP contribution in [0, 0.1) is 6.92 Å². The van der Waals surface area contributed by atoms with E-state index < -0.39 is 15.0 Å². The van der Waals surface area contributed by atoms with Gasteiger partial charge in [-0.15, -0.1) is 0 Å². The summed E-state index contributed by atoms with van der Waals surface area (Å²) in [4.78, 5) is 0. The smallest absolute Gasteiger partial charge is 0.321 e. The standard InChI is InChI=1S/C3H8O4P/c1-2-6-8(5)7-3-4/h4,8H,1-3H2. The van der Waals surface area contributed by atoms with Crippen LogP contribution < -0.4 is 0 Å². The summed E-state index contributed by atoms with van der Waals surface area (Å²) in [5.74, 6) is 0. The molecule has 0 fully saturated rings. The van der Waals surface area contributed by atoms with Crippen LogP contribution in [-0.4, -0.2) is 18.5 Å². The molecule has 0 aliphatic carbocycles. The fourth-order valence-electron chi connectivity index (χ4n) is 0.178. The zero-order valence-corrected chi connectivity index (χ0v) is 5.29. The predicted octanol–water partition coefficient (Wildman–Crippen LogP) is 0.193. The SMILES string of the molecule is [CH2]CO[PH](=O)OCO. The molecule has 0 aromatic carbocycles. The van der Waals surface area contributed by atoms with E-state index in [1.807, 2.05) is 0 Å². The first kappa shape index (κ1) is 8.11. The van der Waals surface area contributed by atoms with Crippen molar-refractivity contribution in [3.8, 4) is 0 Å². The Kier molecular flexibility index (Phi) is 5.32. The van der Waals surface area contributed by atoms with Gasteiger partial charge in [-0.2, -0.15) is 0 Å². The highest BCUT2D eigenvalue weighted by Crippen LogP contribution is 2.21. The summed E-state index contributed by atoms with van der Waals surface area (Å²) >= 11 is 0. The molecule has 4 nitrogen and oxygen atoms in total. The Morgan fingerprint density at radius 3 is 2.62 bits per heavy atom. The Morgan fingerprint density at radius 1 is 1.62 bits per heavy atom. The van der Waals surface area contributed by atoms with Crippen molar-refractivity contribution in [2.24, 2.45) is 0 Å². The monoisotopic (exact) mass is 139 g/mol. The van der Waals surface area contributed by atoms with E-state index in [4.69, 9.17) is 5.11 Å². The van der Waals surface area contributed by atoms with E-state index in [1.54, 1.807) is 0 Å². The third-order valence-corrected chi connectivity index (χ3v) is 1.21. The van der Waals surface area contributed by atoms with Crippen molar-refractivity contribution in [3.05, 3.63) is 6.92 Å². The minimum atomic E-state index is -2.45. The average Bonchev–Trinajstić information content (AvgIpc) is 1.68. The van der Waals surface area contributed by atoms with Gasteiger partial charge in [-0.25, -0.2) is 0 Å². The summed E-state index contributed by atoms with van der Waals surface area (Å²) in [5, 5.41) is 7.97. The molecule has 0 saturated heterocycles. The van der Waals surface area contributed by atoms with Gasteiger partial charge in [-0.1, -0.05) is 0 Å². The number of aliphatic hydroxyl groups excluding tert-OH is 1. The molecule has 0 spiro atoms. The zero-order valence-electron chi connectivity index (χ0n) is 4.29. The molecule has 1 N–H and O–H groups in total. The molecule has 0 aromatic rings. The van der Waals surface area contributed by atoms with Crippen LogP contribution in [0.5, 0.6) is 0 Å². The van der Waals surface area contributed by atoms with E-state index in [9.17, 15) is 4.57 Å². The van der Waals surface area contributed by atoms with Gasteiger partial charge in [-0.05, 0) is 6.92 Å². The van der Waals surface area contributed by atoms with Crippen molar-refractivity contribution < 1.29 is 18.7 Å². The molecule has 0 heterocycles. The predicted molar refractivity (Wildman–Crippen MR) is 28.5 cm³/mol. The van der Waals surface area contributed by atoms with Gasteiger partial charge in [-0.3, -0.25) is 9.09 Å². The van der Waals surface area contributed by atoms with E-state index in [1.165, 1.54) is 0 Å². The number of hydrogen-bond acceptors (Lipinski definition) is 4. The molecular formula is C3H8O4P. The minimum Gasteiger partial charge on any atom is -0.370 e. The second kappa shape index (κ2) is 5.25. The van der Waals surface area contributed by atoms with E-state index in [2.05, 4.69) is 16.0 Å². The fourth-order valence-corrected chi connectivity index (χ4v) is 0.533. The van der Waals surface area contributed by atoms with Crippen LogP contribution in [0.15, 0.2) is 0 Å². The Hall–Kier alpha value is 0.110. The summed E-state index contributed by atoms with van der Waals surface area (Å²) in [6.07, 6.45) is 0. The first-order valence-electron chi connectivity index (χ1n) is 2.01. The quantitative estimate of drug-likeness (QED) is 0.446. The highest BCUT2D eigenvalue weighted by molar-refractivity contribution is 7.33. The van der Waals surface area contributed by atoms with Crippen LogP contribution in [0.25, 0.3) is 0 Å². The van der Waals surface area contributed by atoms with E-state index in [0.717, 1.165) is 0 Å². The lowest BCUT2D eigenvalue weighted by Crippen LogP contribution is -1.84. The molecule has 1 unspecified atom stereocenters. The van der Waals surface area contributed by atoms with Crippen LogP contribution in [0.1, 0.15) is 0 Å². The second-order valence-electron chi connectivity index (χ2n) is 0.872. The van der Waals surface area contributed by atoms with E-state index in [0.29, 0.717) is 0 Å². The largest absolute Gasteiger partial charge is 0.370 e. The third-order valence-electron chi connectivity index (χ3n) is 0.402. The lowest BCUT2D eigenvalue weighted by Gasteiger charge is -1.97. The van der Waals surface area contributed by atoms with Crippen molar-refractivity contribution in [1.82, 2.24) is 0 Å².